The number of nitrogens with one attached hydrogen (secondary N) is 1. The monoisotopic (exact) mass is 399 g/mol. The van der Waals surface area contributed by atoms with E-state index in [1.165, 1.54) is 18.2 Å². The average Bonchev–Trinajstić information content (AvgIpc) is 2.50. The van der Waals surface area contributed by atoms with Gasteiger partial charge in [0, 0.05) is 6.54 Å². The number of rotatable bonds is 6. The molecule has 1 aromatic carbocycles. The first-order valence-corrected chi connectivity index (χ1v) is 7.88. The first-order chi connectivity index (χ1) is 11.3. The number of halogens is 2. The Hall–Kier alpha value is -2.42. The molecule has 0 unspecified atom stereocenters. The van der Waals surface area contributed by atoms with Crippen molar-refractivity contribution in [2.75, 3.05) is 12.3 Å². The van der Waals surface area contributed by atoms with Gasteiger partial charge in [-0.05, 0) is 40.5 Å². The van der Waals surface area contributed by atoms with E-state index in [9.17, 15) is 18.8 Å². The Labute approximate surface area is 144 Å². The van der Waals surface area contributed by atoms with Crippen LogP contribution >= 0.6 is 15.9 Å². The number of carbonyl (C=O) groups is 1. The number of H-pyrrole nitrogens is 1. The van der Waals surface area contributed by atoms with Crippen LogP contribution in [0.3, 0.4) is 0 Å². The standard InChI is InChI=1S/C15H15BrFN3O4/c1-2-5-20-13(18)12(14(22)19-15(20)23)10(21)7-24-11-4-3-8(17)6-9(11)16/h3-4,6H,2,5,7,18H2,1H3,(H,19,22,23). The molecule has 24 heavy (non-hydrogen) atoms. The van der Waals surface area contributed by atoms with Crippen molar-refractivity contribution in [3.05, 3.63) is 54.9 Å². The molecule has 0 bridgehead atoms. The second-order valence-electron chi connectivity index (χ2n) is 4.96. The van der Waals surface area contributed by atoms with Crippen LogP contribution in [0.25, 0.3) is 0 Å². The molecule has 0 radical (unpaired) electrons. The van der Waals surface area contributed by atoms with Crippen molar-refractivity contribution in [1.82, 2.24) is 9.55 Å². The van der Waals surface area contributed by atoms with Crippen molar-refractivity contribution in [3.63, 3.8) is 0 Å². The van der Waals surface area contributed by atoms with Crippen molar-refractivity contribution >= 4 is 27.5 Å². The van der Waals surface area contributed by atoms with Gasteiger partial charge in [-0.25, -0.2) is 9.18 Å². The van der Waals surface area contributed by atoms with Crippen molar-refractivity contribution < 1.29 is 13.9 Å². The molecular weight excluding hydrogens is 385 g/mol. The van der Waals surface area contributed by atoms with E-state index in [1.54, 1.807) is 0 Å². The number of hydrogen-bond donors (Lipinski definition) is 2. The predicted molar refractivity (Wildman–Crippen MR) is 90.0 cm³/mol. The number of nitrogens with two attached hydrogens (primary N) is 1. The SMILES string of the molecule is CCCn1c(N)c(C(=O)COc2ccc(F)cc2Br)c(=O)[nH]c1=O. The van der Waals surface area contributed by atoms with E-state index in [0.29, 0.717) is 10.9 Å². The maximum atomic E-state index is 13.0. The van der Waals surface area contributed by atoms with E-state index < -0.39 is 29.5 Å². The highest BCUT2D eigenvalue weighted by molar-refractivity contribution is 9.10. The third-order valence-corrected chi connectivity index (χ3v) is 3.84. The second kappa shape index (κ2) is 7.43. The van der Waals surface area contributed by atoms with Gasteiger partial charge in [-0.3, -0.25) is 19.1 Å². The lowest BCUT2D eigenvalue weighted by atomic mass is 10.2. The molecule has 0 aliphatic heterocycles. The zero-order valence-electron chi connectivity index (χ0n) is 12.8. The van der Waals surface area contributed by atoms with Crippen molar-refractivity contribution in [1.29, 1.82) is 0 Å². The van der Waals surface area contributed by atoms with Gasteiger partial charge in [-0.1, -0.05) is 6.92 Å². The first kappa shape index (κ1) is 17.9. The van der Waals surface area contributed by atoms with Crippen molar-refractivity contribution in [2.24, 2.45) is 0 Å². The quantitative estimate of drug-likeness (QED) is 0.718. The molecule has 0 saturated heterocycles. The molecule has 3 N–H and O–H groups in total. The Kier molecular flexibility index (Phi) is 5.55. The van der Waals surface area contributed by atoms with Crippen LogP contribution < -0.4 is 21.7 Å². The number of anilines is 1. The Morgan fingerprint density at radius 2 is 2.12 bits per heavy atom. The van der Waals surface area contributed by atoms with E-state index in [0.717, 1.165) is 4.57 Å². The van der Waals surface area contributed by atoms with Gasteiger partial charge in [-0.15, -0.1) is 0 Å². The maximum absolute atomic E-state index is 13.0. The summed E-state index contributed by atoms with van der Waals surface area (Å²) in [6.45, 7) is 1.61. The minimum absolute atomic E-state index is 0.197. The molecule has 2 rings (SSSR count). The van der Waals surface area contributed by atoms with Gasteiger partial charge in [0.15, 0.2) is 6.61 Å². The molecule has 1 aromatic heterocycles. The van der Waals surface area contributed by atoms with Gasteiger partial charge in [0.25, 0.3) is 5.56 Å². The van der Waals surface area contributed by atoms with Gasteiger partial charge in [0.05, 0.1) is 4.47 Å². The third-order valence-electron chi connectivity index (χ3n) is 3.22. The van der Waals surface area contributed by atoms with Crippen LogP contribution in [0.4, 0.5) is 10.2 Å². The van der Waals surface area contributed by atoms with Gasteiger partial charge in [-0.2, -0.15) is 0 Å². The molecule has 9 heteroatoms. The Bertz CT molecular complexity index is 891. The number of hydrogen-bond acceptors (Lipinski definition) is 5. The van der Waals surface area contributed by atoms with Gasteiger partial charge in [0.2, 0.25) is 5.78 Å². The van der Waals surface area contributed by atoms with Crippen LogP contribution in [0.2, 0.25) is 0 Å². The number of aromatic amines is 1. The highest BCUT2D eigenvalue weighted by atomic mass is 79.9. The molecule has 2 aromatic rings. The number of ketones is 1. The fourth-order valence-electron chi connectivity index (χ4n) is 2.11. The third kappa shape index (κ3) is 3.73. The van der Waals surface area contributed by atoms with Crippen LogP contribution in [0.1, 0.15) is 23.7 Å². The average molecular weight is 400 g/mol. The number of benzene rings is 1. The zero-order valence-corrected chi connectivity index (χ0v) is 14.4. The first-order valence-electron chi connectivity index (χ1n) is 7.08. The molecule has 0 atom stereocenters. The summed E-state index contributed by atoms with van der Waals surface area (Å²) >= 11 is 3.11. The van der Waals surface area contributed by atoms with Crippen LogP contribution in [-0.4, -0.2) is 21.9 Å². The smallest absolute Gasteiger partial charge is 0.329 e. The minimum Gasteiger partial charge on any atom is -0.484 e. The van der Waals surface area contributed by atoms with E-state index >= 15 is 0 Å². The summed E-state index contributed by atoms with van der Waals surface area (Å²) in [7, 11) is 0. The summed E-state index contributed by atoms with van der Waals surface area (Å²) in [6, 6.07) is 3.70. The van der Waals surface area contributed by atoms with Crippen molar-refractivity contribution in [2.45, 2.75) is 19.9 Å². The Morgan fingerprint density at radius 1 is 1.42 bits per heavy atom. The second-order valence-corrected chi connectivity index (χ2v) is 5.81. The van der Waals surface area contributed by atoms with E-state index in [4.69, 9.17) is 10.5 Å². The lowest BCUT2D eigenvalue weighted by molar-refractivity contribution is 0.0919. The fraction of sp³-hybridized carbons (Fsp3) is 0.267. The number of Topliss-reactive ketones (excluding diaryl/α,β-unsaturated/α-hetero) is 1. The lowest BCUT2D eigenvalue weighted by Crippen LogP contribution is -2.37. The topological polar surface area (TPSA) is 107 Å². The molecule has 0 spiro atoms. The van der Waals surface area contributed by atoms with E-state index in [1.807, 2.05) is 6.92 Å². The van der Waals surface area contributed by atoms with Gasteiger partial charge >= 0.3 is 5.69 Å². The van der Waals surface area contributed by atoms with E-state index in [2.05, 4.69) is 20.9 Å². The molecule has 128 valence electrons. The Morgan fingerprint density at radius 3 is 2.75 bits per heavy atom. The summed E-state index contributed by atoms with van der Waals surface area (Å²) in [6.07, 6.45) is 0.600. The number of nitrogen functional groups attached to an aromatic ring is 1. The predicted octanol–water partition coefficient (Wildman–Crippen LogP) is 1.69. The zero-order chi connectivity index (χ0) is 17.9. The summed E-state index contributed by atoms with van der Waals surface area (Å²) in [4.78, 5) is 38.0. The van der Waals surface area contributed by atoms with Crippen LogP contribution in [0, 0.1) is 5.82 Å². The number of aromatic nitrogens is 2. The summed E-state index contributed by atoms with van der Waals surface area (Å²) in [5.41, 5.74) is 3.93. The van der Waals surface area contributed by atoms with Gasteiger partial charge < -0.3 is 10.5 Å². The molecule has 0 amide bonds. The molecule has 0 fully saturated rings. The molecule has 0 saturated carbocycles. The maximum Gasteiger partial charge on any atom is 0.329 e. The highest BCUT2D eigenvalue weighted by Crippen LogP contribution is 2.25. The van der Waals surface area contributed by atoms with Crippen molar-refractivity contribution in [3.8, 4) is 5.75 Å². The summed E-state index contributed by atoms with van der Waals surface area (Å²) in [5.74, 6) is -1.11. The van der Waals surface area contributed by atoms with Gasteiger partial charge in [0.1, 0.15) is 22.9 Å². The Balaban J connectivity index is 2.28. The van der Waals surface area contributed by atoms with Crippen LogP contribution in [0.5, 0.6) is 5.75 Å². The van der Waals surface area contributed by atoms with Crippen LogP contribution in [0.15, 0.2) is 32.3 Å². The number of carbonyl (C=O) groups excluding carboxylic acids is 1. The number of ether oxygens (including phenoxy) is 1. The number of nitrogens with zero attached hydrogens (tertiary/aromatic N) is 1. The normalized spacial score (nSPS) is 10.6. The highest BCUT2D eigenvalue weighted by Gasteiger charge is 2.20. The largest absolute Gasteiger partial charge is 0.484 e. The van der Waals surface area contributed by atoms with E-state index in [-0.39, 0.29) is 23.7 Å². The van der Waals surface area contributed by atoms with Crippen LogP contribution in [-0.2, 0) is 6.54 Å². The molecular formula is C15H15BrFN3O4. The molecule has 1 heterocycles. The molecule has 7 nitrogen and oxygen atoms in total. The summed E-state index contributed by atoms with van der Waals surface area (Å²) in [5, 5.41) is 0. The molecule has 0 aliphatic carbocycles. The minimum atomic E-state index is -0.864. The molecule has 0 aliphatic rings. The fourth-order valence-corrected chi connectivity index (χ4v) is 2.58. The summed E-state index contributed by atoms with van der Waals surface area (Å²) < 4.78 is 19.8. The lowest BCUT2D eigenvalue weighted by Gasteiger charge is -2.12.